The minimum atomic E-state index is -1.02. The summed E-state index contributed by atoms with van der Waals surface area (Å²) in [7, 11) is 1.87. The van der Waals surface area contributed by atoms with Crippen LogP contribution in [0.15, 0.2) is 54.6 Å². The van der Waals surface area contributed by atoms with E-state index in [2.05, 4.69) is 21.7 Å². The maximum absolute atomic E-state index is 15.2. The van der Waals surface area contributed by atoms with E-state index >= 15 is 4.79 Å². The van der Waals surface area contributed by atoms with E-state index in [1.165, 1.54) is 0 Å². The van der Waals surface area contributed by atoms with Gasteiger partial charge in [0.2, 0.25) is 0 Å². The summed E-state index contributed by atoms with van der Waals surface area (Å²) >= 11 is 13.0. The van der Waals surface area contributed by atoms with Gasteiger partial charge in [-0.3, -0.25) is 14.8 Å². The average Bonchev–Trinajstić information content (AvgIpc) is 3.69. The first-order valence-corrected chi connectivity index (χ1v) is 17.0. The molecule has 0 aliphatic carbocycles. The standard InChI is InChI=1S/C38H37Cl2N5O4/c1-19-15-25(16-20(2)34(19)40)49-14-8-10-27-26-13-12-24(39)17-31(26)44-23(5)35(33-21(3)41-42-22(33)4)45(37(46)36(27)44)32-18-29-28(38(47)48)9-7-11-30(29)43(32)6/h7,9,11-13,15-18,23,35H,8,10,14H2,1-6H3,(H,41,42)(H,47,48)/t23?,35-/m0/s1. The van der Waals surface area contributed by atoms with E-state index in [0.717, 1.165) is 60.8 Å². The summed E-state index contributed by atoms with van der Waals surface area (Å²) in [5.41, 5.74) is 7.78. The number of hydrogen-bond acceptors (Lipinski definition) is 4. The van der Waals surface area contributed by atoms with Crippen LogP contribution in [0, 0.1) is 27.7 Å². The van der Waals surface area contributed by atoms with Gasteiger partial charge in [-0.15, -0.1) is 0 Å². The number of ether oxygens (including phenoxy) is 1. The highest BCUT2D eigenvalue weighted by Crippen LogP contribution is 2.48. The summed E-state index contributed by atoms with van der Waals surface area (Å²) < 4.78 is 10.2. The number of fused-ring (bicyclic) bond motifs is 4. The summed E-state index contributed by atoms with van der Waals surface area (Å²) in [6, 6.07) is 16.0. The van der Waals surface area contributed by atoms with Gasteiger partial charge in [-0.05, 0) is 107 Å². The largest absolute Gasteiger partial charge is 0.494 e. The molecule has 6 aromatic rings. The molecule has 252 valence electrons. The Kier molecular flexibility index (Phi) is 8.24. The number of aryl methyl sites for hydroxylation is 6. The minimum Gasteiger partial charge on any atom is -0.494 e. The van der Waals surface area contributed by atoms with Gasteiger partial charge in [0.25, 0.3) is 5.91 Å². The Labute approximate surface area is 294 Å². The van der Waals surface area contributed by atoms with E-state index in [1.54, 1.807) is 12.1 Å². The molecule has 1 aliphatic heterocycles. The van der Waals surface area contributed by atoms with Crippen molar-refractivity contribution in [2.45, 2.75) is 59.5 Å². The van der Waals surface area contributed by atoms with E-state index in [-0.39, 0.29) is 17.5 Å². The zero-order chi connectivity index (χ0) is 34.9. The van der Waals surface area contributed by atoms with Crippen LogP contribution in [0.4, 0.5) is 5.82 Å². The molecule has 0 spiro atoms. The van der Waals surface area contributed by atoms with Crippen LogP contribution in [0.25, 0.3) is 21.8 Å². The third-order valence-electron chi connectivity index (χ3n) is 9.90. The monoisotopic (exact) mass is 697 g/mol. The lowest BCUT2D eigenvalue weighted by molar-refractivity contribution is 0.0698. The highest BCUT2D eigenvalue weighted by molar-refractivity contribution is 6.32. The number of aromatic amines is 1. The second kappa shape index (κ2) is 12.3. The molecular weight excluding hydrogens is 661 g/mol. The van der Waals surface area contributed by atoms with Gasteiger partial charge in [-0.2, -0.15) is 5.10 Å². The molecule has 0 saturated carbocycles. The normalized spacial score (nSPS) is 16.2. The molecule has 0 radical (unpaired) electrons. The molecule has 0 bridgehead atoms. The quantitative estimate of drug-likeness (QED) is 0.154. The van der Waals surface area contributed by atoms with Crippen LogP contribution in [-0.2, 0) is 13.5 Å². The van der Waals surface area contributed by atoms with Crippen LogP contribution in [0.3, 0.4) is 0 Å². The maximum Gasteiger partial charge on any atom is 0.336 e. The van der Waals surface area contributed by atoms with Crippen LogP contribution in [0.1, 0.15) is 79.9 Å². The lowest BCUT2D eigenvalue weighted by Gasteiger charge is -2.42. The lowest BCUT2D eigenvalue weighted by Crippen LogP contribution is -2.46. The molecule has 3 aromatic heterocycles. The molecule has 4 heterocycles. The number of carbonyl (C=O) groups is 2. The molecule has 9 nitrogen and oxygen atoms in total. The number of rotatable bonds is 8. The fourth-order valence-corrected chi connectivity index (χ4v) is 7.94. The van der Waals surface area contributed by atoms with Gasteiger partial charge >= 0.3 is 5.97 Å². The summed E-state index contributed by atoms with van der Waals surface area (Å²) in [6.07, 6.45) is 1.25. The summed E-state index contributed by atoms with van der Waals surface area (Å²) in [4.78, 5) is 29.3. The maximum atomic E-state index is 15.2. The van der Waals surface area contributed by atoms with E-state index in [4.69, 9.17) is 27.9 Å². The number of carboxylic acids is 1. The molecule has 7 rings (SSSR count). The second-order valence-corrected chi connectivity index (χ2v) is 13.8. The number of H-pyrrole nitrogens is 1. The van der Waals surface area contributed by atoms with Crippen LogP contribution >= 0.6 is 23.2 Å². The van der Waals surface area contributed by atoms with E-state index in [0.29, 0.717) is 41.4 Å². The predicted molar refractivity (Wildman–Crippen MR) is 194 cm³/mol. The van der Waals surface area contributed by atoms with Gasteiger partial charge in [0.1, 0.15) is 17.3 Å². The topological polar surface area (TPSA) is 105 Å². The Bertz CT molecular complexity index is 2270. The number of carbonyl (C=O) groups excluding carboxylic acids is 1. The fourth-order valence-electron chi connectivity index (χ4n) is 7.66. The van der Waals surface area contributed by atoms with E-state index in [9.17, 15) is 9.90 Å². The number of carboxylic acid groups (broad SMARTS) is 1. The number of benzene rings is 3. The van der Waals surface area contributed by atoms with Crippen molar-refractivity contribution >= 4 is 62.7 Å². The van der Waals surface area contributed by atoms with Crippen molar-refractivity contribution in [3.63, 3.8) is 0 Å². The van der Waals surface area contributed by atoms with Crippen molar-refractivity contribution in [3.05, 3.63) is 110 Å². The van der Waals surface area contributed by atoms with Crippen molar-refractivity contribution in [1.82, 2.24) is 19.3 Å². The number of nitrogens with one attached hydrogen (secondary N) is 1. The van der Waals surface area contributed by atoms with Gasteiger partial charge in [0, 0.05) is 39.1 Å². The molecule has 1 amide bonds. The highest BCUT2D eigenvalue weighted by Gasteiger charge is 2.45. The van der Waals surface area contributed by atoms with Crippen molar-refractivity contribution < 1.29 is 19.4 Å². The molecule has 11 heteroatoms. The lowest BCUT2D eigenvalue weighted by atomic mass is 9.93. The molecule has 1 unspecified atom stereocenters. The summed E-state index contributed by atoms with van der Waals surface area (Å²) in [5, 5.41) is 20.5. The zero-order valence-corrected chi connectivity index (χ0v) is 29.7. The zero-order valence-electron chi connectivity index (χ0n) is 28.2. The highest BCUT2D eigenvalue weighted by atomic mass is 35.5. The molecule has 2 atom stereocenters. The molecule has 0 saturated heterocycles. The smallest absolute Gasteiger partial charge is 0.336 e. The number of hydrogen-bond donors (Lipinski definition) is 2. The molecule has 2 N–H and O–H groups in total. The van der Waals surface area contributed by atoms with Crippen LogP contribution in [0.5, 0.6) is 5.75 Å². The first kappa shape index (κ1) is 32.8. The van der Waals surface area contributed by atoms with Gasteiger partial charge < -0.3 is 19.0 Å². The predicted octanol–water partition coefficient (Wildman–Crippen LogP) is 9.07. The molecule has 49 heavy (non-hydrogen) atoms. The number of nitrogens with zero attached hydrogens (tertiary/aromatic N) is 4. The Morgan fingerprint density at radius 1 is 1.00 bits per heavy atom. The molecule has 1 aliphatic rings. The Morgan fingerprint density at radius 2 is 1.73 bits per heavy atom. The van der Waals surface area contributed by atoms with Gasteiger partial charge in [0.15, 0.2) is 0 Å². The Hall–Kier alpha value is -4.73. The second-order valence-electron chi connectivity index (χ2n) is 13.0. The van der Waals surface area contributed by atoms with E-state index in [1.807, 2.05) is 86.7 Å². The number of halogens is 2. The average molecular weight is 699 g/mol. The van der Waals surface area contributed by atoms with Crippen LogP contribution in [0.2, 0.25) is 10.0 Å². The van der Waals surface area contributed by atoms with Gasteiger partial charge in [0.05, 0.1) is 41.0 Å². The van der Waals surface area contributed by atoms with Crippen molar-refractivity contribution in [2.24, 2.45) is 7.05 Å². The Morgan fingerprint density at radius 3 is 2.41 bits per heavy atom. The molecule has 3 aromatic carbocycles. The van der Waals surface area contributed by atoms with Crippen molar-refractivity contribution in [2.75, 3.05) is 11.5 Å². The number of aromatic nitrogens is 4. The third kappa shape index (κ3) is 5.27. The van der Waals surface area contributed by atoms with Gasteiger partial charge in [-0.1, -0.05) is 35.3 Å². The third-order valence-corrected chi connectivity index (χ3v) is 10.7. The van der Waals surface area contributed by atoms with Crippen molar-refractivity contribution in [3.8, 4) is 5.75 Å². The number of anilines is 1. The first-order chi connectivity index (χ1) is 23.4. The van der Waals surface area contributed by atoms with E-state index < -0.39 is 12.0 Å². The van der Waals surface area contributed by atoms with Gasteiger partial charge in [-0.25, -0.2) is 4.79 Å². The van der Waals surface area contributed by atoms with Crippen LogP contribution in [-0.4, -0.2) is 42.9 Å². The Balaban J connectivity index is 1.38. The van der Waals surface area contributed by atoms with Crippen molar-refractivity contribution in [1.29, 1.82) is 0 Å². The number of amides is 1. The number of aromatic carboxylic acids is 1. The first-order valence-electron chi connectivity index (χ1n) is 16.3. The fraction of sp³-hybridized carbons (Fsp3) is 0.289. The SMILES string of the molecule is Cc1cc(OCCCc2c3n(c4cc(Cl)ccc24)C(C)[C@@H](c2c(C)n[nH]c2C)N(c2cc4c(C(=O)O)cccc4n2C)C3=O)cc(C)c1Cl. The minimum absolute atomic E-state index is 0.180. The van der Waals surface area contributed by atoms with Crippen LogP contribution < -0.4 is 9.64 Å². The summed E-state index contributed by atoms with van der Waals surface area (Å²) in [6.45, 7) is 10.4. The summed E-state index contributed by atoms with van der Waals surface area (Å²) in [5.74, 6) is 0.154. The molecule has 0 fully saturated rings. The molecular formula is C38H37Cl2N5O4.